The van der Waals surface area contributed by atoms with Gasteiger partial charge in [-0.05, 0) is 108 Å². The van der Waals surface area contributed by atoms with Crippen molar-refractivity contribution in [2.75, 3.05) is 13.2 Å². The largest absolute Gasteiger partial charge is 0.394 e. The molecule has 1 aliphatic rings. The SMILES string of the molecule is CC[C@H](C)[C@H](NC(=O)C(C)(C)NC(=O)[C@@H](NC(=O)C(C)(C)NC(=O)C(C)(C)NC(C)=O)C(C)C)C(=O)NC(C)(C)C(=O)N[C@@H](C)C(=O)N[C@@H](C)C(=O)NC(C)(C)C(=O)N1CCC[C@H]1CO. The van der Waals surface area contributed by atoms with Gasteiger partial charge in [0.1, 0.15) is 51.9 Å². The molecule has 0 aromatic heterocycles. The third-order valence-electron chi connectivity index (χ3n) is 11.4. The van der Waals surface area contributed by atoms with Crippen LogP contribution >= 0.6 is 0 Å². The Labute approximate surface area is 384 Å². The van der Waals surface area contributed by atoms with Crippen molar-refractivity contribution in [3.05, 3.63) is 0 Å². The fourth-order valence-electron chi connectivity index (χ4n) is 6.73. The Balaban J connectivity index is 3.01. The number of hydrogen-bond donors (Lipinski definition) is 10. The molecule has 0 spiro atoms. The second kappa shape index (κ2) is 22.7. The van der Waals surface area contributed by atoms with E-state index in [0.717, 1.165) is 6.42 Å². The smallest absolute Gasteiger partial charge is 0.248 e. The van der Waals surface area contributed by atoms with Crippen LogP contribution in [0.3, 0.4) is 0 Å². The lowest BCUT2D eigenvalue weighted by molar-refractivity contribution is -0.142. The van der Waals surface area contributed by atoms with E-state index in [4.69, 9.17) is 0 Å². The van der Waals surface area contributed by atoms with Crippen LogP contribution in [0.4, 0.5) is 0 Å². The number of carbonyl (C=O) groups excluding carboxylic acids is 10. The van der Waals surface area contributed by atoms with Gasteiger partial charge in [-0.3, -0.25) is 47.9 Å². The first-order chi connectivity index (χ1) is 29.5. The molecule has 1 aliphatic heterocycles. The topological polar surface area (TPSA) is 302 Å². The Morgan fingerprint density at radius 3 is 1.42 bits per heavy atom. The third kappa shape index (κ3) is 16.2. The summed E-state index contributed by atoms with van der Waals surface area (Å²) >= 11 is 0. The van der Waals surface area contributed by atoms with Gasteiger partial charge in [0.05, 0.1) is 12.6 Å². The highest BCUT2D eigenvalue weighted by molar-refractivity contribution is 6.01. The Morgan fingerprint density at radius 1 is 0.538 bits per heavy atom. The fourth-order valence-corrected chi connectivity index (χ4v) is 6.73. The van der Waals surface area contributed by atoms with Crippen LogP contribution in [0.2, 0.25) is 0 Å². The minimum absolute atomic E-state index is 0.194. The summed E-state index contributed by atoms with van der Waals surface area (Å²) in [5.41, 5.74) is -7.48. The molecule has 6 atom stereocenters. The lowest BCUT2D eigenvalue weighted by Crippen LogP contribution is -2.67. The van der Waals surface area contributed by atoms with Crippen molar-refractivity contribution >= 4 is 59.1 Å². The van der Waals surface area contributed by atoms with Gasteiger partial charge in [0.25, 0.3) is 0 Å². The summed E-state index contributed by atoms with van der Waals surface area (Å²) in [6.45, 7) is 25.7. The van der Waals surface area contributed by atoms with Crippen molar-refractivity contribution < 1.29 is 53.1 Å². The Kier molecular flexibility index (Phi) is 20.2. The fraction of sp³-hybridized carbons (Fsp3) is 0.773. The van der Waals surface area contributed by atoms with Crippen molar-refractivity contribution in [1.29, 1.82) is 0 Å². The highest BCUT2D eigenvalue weighted by Gasteiger charge is 2.43. The summed E-state index contributed by atoms with van der Waals surface area (Å²) in [6, 6.07) is -5.00. The minimum Gasteiger partial charge on any atom is -0.394 e. The molecule has 1 fully saturated rings. The molecule has 0 aliphatic carbocycles. The quantitative estimate of drug-likeness (QED) is 0.0638. The van der Waals surface area contributed by atoms with E-state index in [-0.39, 0.29) is 18.6 Å². The summed E-state index contributed by atoms with van der Waals surface area (Å²) < 4.78 is 0. The first-order valence-corrected chi connectivity index (χ1v) is 22.2. The third-order valence-corrected chi connectivity index (χ3v) is 11.4. The van der Waals surface area contributed by atoms with E-state index in [1.54, 1.807) is 27.7 Å². The van der Waals surface area contributed by atoms with Crippen LogP contribution in [0, 0.1) is 11.8 Å². The molecule has 0 unspecified atom stereocenters. The summed E-state index contributed by atoms with van der Waals surface area (Å²) in [5, 5.41) is 33.1. The predicted molar refractivity (Wildman–Crippen MR) is 242 cm³/mol. The second-order valence-electron chi connectivity index (χ2n) is 20.2. The van der Waals surface area contributed by atoms with Gasteiger partial charge >= 0.3 is 0 Å². The molecule has 10 N–H and O–H groups in total. The monoisotopic (exact) mass is 923 g/mol. The van der Waals surface area contributed by atoms with Crippen molar-refractivity contribution in [1.82, 2.24) is 52.8 Å². The average Bonchev–Trinajstić information content (AvgIpc) is 3.65. The Morgan fingerprint density at radius 2 is 0.954 bits per heavy atom. The number of rotatable bonds is 22. The molecule has 0 radical (unpaired) electrons. The molecule has 0 bridgehead atoms. The molecular weight excluding hydrogens is 845 g/mol. The van der Waals surface area contributed by atoms with E-state index < -0.39 is 117 Å². The van der Waals surface area contributed by atoms with Gasteiger partial charge in [-0.2, -0.15) is 0 Å². The van der Waals surface area contributed by atoms with Gasteiger partial charge in [-0.15, -0.1) is 0 Å². The van der Waals surface area contributed by atoms with Gasteiger partial charge in [0.15, 0.2) is 0 Å². The van der Waals surface area contributed by atoms with Crippen molar-refractivity contribution in [2.24, 2.45) is 11.8 Å². The Bertz CT molecular complexity index is 1810. The molecule has 65 heavy (non-hydrogen) atoms. The number of carbonyl (C=O) groups is 10. The summed E-state index contributed by atoms with van der Waals surface area (Å²) in [5.74, 6) is -7.46. The molecule has 0 aromatic carbocycles. The van der Waals surface area contributed by atoms with Gasteiger partial charge in [0, 0.05) is 13.5 Å². The van der Waals surface area contributed by atoms with E-state index >= 15 is 0 Å². The van der Waals surface area contributed by atoms with Crippen LogP contribution in [-0.4, -0.2) is 140 Å². The highest BCUT2D eigenvalue weighted by Crippen LogP contribution is 2.21. The lowest BCUT2D eigenvalue weighted by atomic mass is 9.93. The molecule has 10 amide bonds. The van der Waals surface area contributed by atoms with Gasteiger partial charge in [0.2, 0.25) is 59.1 Å². The van der Waals surface area contributed by atoms with Gasteiger partial charge in [-0.25, -0.2) is 0 Å². The van der Waals surface area contributed by atoms with Crippen LogP contribution in [-0.2, 0) is 47.9 Å². The maximum absolute atomic E-state index is 13.8. The second-order valence-corrected chi connectivity index (χ2v) is 20.2. The normalized spacial score (nSPS) is 17.0. The van der Waals surface area contributed by atoms with Crippen molar-refractivity contribution in [2.45, 2.75) is 195 Å². The molecule has 1 saturated heterocycles. The maximum Gasteiger partial charge on any atom is 0.248 e. The molecule has 21 heteroatoms. The van der Waals surface area contributed by atoms with Gasteiger partial charge < -0.3 is 57.9 Å². The molecule has 1 rings (SSSR count). The van der Waals surface area contributed by atoms with E-state index in [9.17, 15) is 53.1 Å². The van der Waals surface area contributed by atoms with E-state index in [2.05, 4.69) is 47.9 Å². The number of likely N-dealkylation sites (tertiary alicyclic amines) is 1. The minimum atomic E-state index is -1.64. The lowest BCUT2D eigenvalue weighted by Gasteiger charge is -2.35. The van der Waals surface area contributed by atoms with Crippen LogP contribution < -0.4 is 47.9 Å². The molecule has 21 nitrogen and oxygen atoms in total. The van der Waals surface area contributed by atoms with Crippen LogP contribution in [0.15, 0.2) is 0 Å². The molecular formula is C44H78N10O11. The molecule has 0 saturated carbocycles. The van der Waals surface area contributed by atoms with E-state index in [0.29, 0.717) is 19.4 Å². The molecule has 370 valence electrons. The molecule has 1 heterocycles. The maximum atomic E-state index is 13.8. The zero-order valence-electron chi connectivity index (χ0n) is 41.6. The zero-order chi connectivity index (χ0) is 50.8. The number of aliphatic hydroxyl groups excluding tert-OH is 1. The van der Waals surface area contributed by atoms with Crippen molar-refractivity contribution in [3.63, 3.8) is 0 Å². The van der Waals surface area contributed by atoms with E-state index in [1.807, 2.05) is 0 Å². The Hall–Kier alpha value is -5.34. The van der Waals surface area contributed by atoms with E-state index in [1.165, 1.54) is 94.9 Å². The predicted octanol–water partition coefficient (Wildman–Crippen LogP) is -0.855. The standard InChI is InChI=1S/C44H78N10O11/c1-18-24(4)30(48-36(62)41(10,11)51-33(59)29(23(2)3)47-37(63)42(12,13)53-38(64)43(14,15)49-27(7)56)34(60)52-40(8,9)35(61)46-25(5)31(57)45-26(6)32(58)50-44(16,17)39(65)54-21-19-20-28(54)22-55/h23-26,28-30,55H,18-22H2,1-17H3,(H,45,57)(H,46,61)(H,47,63)(H,48,62)(H,49,56)(H,50,58)(H,51,59)(H,52,60)(H,53,64)/t24-,25-,26-,28-,29-,30-/m0/s1. The van der Waals surface area contributed by atoms with Crippen LogP contribution in [0.5, 0.6) is 0 Å². The zero-order valence-corrected chi connectivity index (χ0v) is 41.6. The summed E-state index contributed by atoms with van der Waals surface area (Å²) in [7, 11) is 0. The number of amides is 10. The number of nitrogens with zero attached hydrogens (tertiary/aromatic N) is 1. The average molecular weight is 923 g/mol. The number of aliphatic hydroxyl groups is 1. The highest BCUT2D eigenvalue weighted by atomic mass is 16.3. The summed E-state index contributed by atoms with van der Waals surface area (Å²) in [4.78, 5) is 134. The van der Waals surface area contributed by atoms with Crippen molar-refractivity contribution in [3.8, 4) is 0 Å². The molecule has 0 aromatic rings. The van der Waals surface area contributed by atoms with Crippen LogP contribution in [0.1, 0.15) is 137 Å². The first kappa shape index (κ1) is 57.7. The first-order valence-electron chi connectivity index (χ1n) is 22.2. The van der Waals surface area contributed by atoms with Gasteiger partial charge in [-0.1, -0.05) is 34.1 Å². The summed E-state index contributed by atoms with van der Waals surface area (Å²) in [6.07, 6.45) is 1.80. The van der Waals surface area contributed by atoms with Crippen LogP contribution in [0.25, 0.3) is 0 Å². The number of hydrogen-bond acceptors (Lipinski definition) is 11. The number of nitrogens with one attached hydrogen (secondary N) is 9.